The minimum atomic E-state index is -0.883. The molecule has 2 N–H and O–H groups in total. The van der Waals surface area contributed by atoms with Crippen LogP contribution >= 0.6 is 0 Å². The maximum Gasteiger partial charge on any atom is 0.335 e. The molecule has 0 bridgehead atoms. The van der Waals surface area contributed by atoms with E-state index in [0.29, 0.717) is 18.2 Å². The number of benzene rings is 1. The molecule has 104 valence electrons. The van der Waals surface area contributed by atoms with E-state index in [9.17, 15) is 4.79 Å². The molecule has 1 aliphatic carbocycles. The van der Waals surface area contributed by atoms with Crippen molar-refractivity contribution in [3.8, 4) is 0 Å². The van der Waals surface area contributed by atoms with Gasteiger partial charge in [-0.3, -0.25) is 0 Å². The summed E-state index contributed by atoms with van der Waals surface area (Å²) in [5, 5.41) is 12.2. The van der Waals surface area contributed by atoms with E-state index in [2.05, 4.69) is 5.32 Å². The number of rotatable bonds is 7. The normalized spacial score (nSPS) is 15.8. The van der Waals surface area contributed by atoms with E-state index in [0.717, 1.165) is 18.7 Å². The van der Waals surface area contributed by atoms with Crippen LogP contribution in [0.5, 0.6) is 0 Å². The van der Waals surface area contributed by atoms with E-state index in [1.165, 1.54) is 25.7 Å². The number of hydrogen-bond donors (Lipinski definition) is 2. The van der Waals surface area contributed by atoms with Crippen LogP contribution < -0.4 is 5.32 Å². The van der Waals surface area contributed by atoms with Crippen molar-refractivity contribution in [3.05, 3.63) is 35.4 Å². The van der Waals surface area contributed by atoms with Crippen LogP contribution in [0.3, 0.4) is 0 Å². The second kappa shape index (κ2) is 7.26. The van der Waals surface area contributed by atoms with Crippen molar-refractivity contribution in [2.45, 2.75) is 38.3 Å². The predicted molar refractivity (Wildman–Crippen MR) is 73.3 cm³/mol. The molecule has 0 aromatic heterocycles. The summed E-state index contributed by atoms with van der Waals surface area (Å²) >= 11 is 0. The Morgan fingerprint density at radius 2 is 2.16 bits per heavy atom. The Hall–Kier alpha value is -1.39. The molecular formula is C15H21NO3. The molecule has 1 aliphatic rings. The molecule has 19 heavy (non-hydrogen) atoms. The van der Waals surface area contributed by atoms with Gasteiger partial charge in [0.25, 0.3) is 0 Å². The van der Waals surface area contributed by atoms with E-state index in [4.69, 9.17) is 9.84 Å². The van der Waals surface area contributed by atoms with Gasteiger partial charge in [-0.05, 0) is 30.5 Å². The average Bonchev–Trinajstić information content (AvgIpc) is 2.92. The summed E-state index contributed by atoms with van der Waals surface area (Å²) in [6.45, 7) is 2.20. The van der Waals surface area contributed by atoms with Crippen LogP contribution in [0.15, 0.2) is 24.3 Å². The van der Waals surface area contributed by atoms with E-state index < -0.39 is 5.97 Å². The Morgan fingerprint density at radius 3 is 2.89 bits per heavy atom. The van der Waals surface area contributed by atoms with Crippen LogP contribution in [0, 0.1) is 0 Å². The molecule has 1 aromatic carbocycles. The number of carboxylic acids is 1. The van der Waals surface area contributed by atoms with Gasteiger partial charge < -0.3 is 15.2 Å². The molecule has 4 heteroatoms. The summed E-state index contributed by atoms with van der Waals surface area (Å²) in [5.74, 6) is -0.883. The SMILES string of the molecule is O=C(O)c1cccc(CNCCOC2CCCC2)c1. The molecule has 0 amide bonds. The van der Waals surface area contributed by atoms with Crippen LogP contribution in [-0.4, -0.2) is 30.3 Å². The molecule has 0 unspecified atom stereocenters. The van der Waals surface area contributed by atoms with Gasteiger partial charge in [0.05, 0.1) is 18.3 Å². The Balaban J connectivity index is 1.64. The molecule has 0 aliphatic heterocycles. The molecule has 0 radical (unpaired) electrons. The minimum Gasteiger partial charge on any atom is -0.478 e. The Morgan fingerprint density at radius 1 is 1.37 bits per heavy atom. The number of nitrogens with one attached hydrogen (secondary N) is 1. The first-order chi connectivity index (χ1) is 9.25. The Kier molecular flexibility index (Phi) is 5.36. The van der Waals surface area contributed by atoms with Crippen molar-refractivity contribution in [2.24, 2.45) is 0 Å². The van der Waals surface area contributed by atoms with E-state index in [1.54, 1.807) is 18.2 Å². The zero-order chi connectivity index (χ0) is 13.5. The first-order valence-electron chi connectivity index (χ1n) is 6.90. The second-order valence-electron chi connectivity index (χ2n) is 4.96. The highest BCUT2D eigenvalue weighted by Crippen LogP contribution is 2.20. The summed E-state index contributed by atoms with van der Waals surface area (Å²) in [5.41, 5.74) is 1.32. The fourth-order valence-electron chi connectivity index (χ4n) is 2.40. The molecule has 0 spiro atoms. The average molecular weight is 263 g/mol. The van der Waals surface area contributed by atoms with Gasteiger partial charge in [0.15, 0.2) is 0 Å². The fraction of sp³-hybridized carbons (Fsp3) is 0.533. The topological polar surface area (TPSA) is 58.6 Å². The number of aromatic carboxylic acids is 1. The van der Waals surface area contributed by atoms with Gasteiger partial charge in [0.1, 0.15) is 0 Å². The van der Waals surface area contributed by atoms with Gasteiger partial charge in [0, 0.05) is 13.1 Å². The number of carbonyl (C=O) groups is 1. The van der Waals surface area contributed by atoms with Crippen molar-refractivity contribution in [2.75, 3.05) is 13.2 Å². The van der Waals surface area contributed by atoms with Gasteiger partial charge in [-0.1, -0.05) is 25.0 Å². The van der Waals surface area contributed by atoms with Gasteiger partial charge in [0.2, 0.25) is 0 Å². The third kappa shape index (κ3) is 4.65. The van der Waals surface area contributed by atoms with E-state index >= 15 is 0 Å². The Labute approximate surface area is 113 Å². The molecule has 1 aromatic rings. The highest BCUT2D eigenvalue weighted by Gasteiger charge is 2.14. The lowest BCUT2D eigenvalue weighted by molar-refractivity contribution is 0.0602. The number of carboxylic acid groups (broad SMARTS) is 1. The summed E-state index contributed by atoms with van der Waals surface area (Å²) in [6, 6.07) is 7.01. The van der Waals surface area contributed by atoms with E-state index in [1.807, 2.05) is 6.07 Å². The third-order valence-corrected chi connectivity index (χ3v) is 3.44. The maximum absolute atomic E-state index is 10.8. The highest BCUT2D eigenvalue weighted by atomic mass is 16.5. The van der Waals surface area contributed by atoms with Crippen molar-refractivity contribution < 1.29 is 14.6 Å². The summed E-state index contributed by atoms with van der Waals surface area (Å²) in [4.78, 5) is 10.8. The van der Waals surface area contributed by atoms with Crippen LogP contribution in [0.25, 0.3) is 0 Å². The maximum atomic E-state index is 10.8. The lowest BCUT2D eigenvalue weighted by Gasteiger charge is -2.11. The molecule has 2 rings (SSSR count). The largest absolute Gasteiger partial charge is 0.478 e. The molecule has 0 atom stereocenters. The smallest absolute Gasteiger partial charge is 0.335 e. The molecular weight excluding hydrogens is 242 g/mol. The van der Waals surface area contributed by atoms with E-state index in [-0.39, 0.29) is 0 Å². The lowest BCUT2D eigenvalue weighted by Crippen LogP contribution is -2.22. The quantitative estimate of drug-likeness (QED) is 0.742. The monoisotopic (exact) mass is 263 g/mol. The molecule has 1 saturated carbocycles. The molecule has 0 saturated heterocycles. The van der Waals surface area contributed by atoms with Gasteiger partial charge in [-0.15, -0.1) is 0 Å². The first kappa shape index (κ1) is 14.0. The second-order valence-corrected chi connectivity index (χ2v) is 4.96. The predicted octanol–water partition coefficient (Wildman–Crippen LogP) is 2.43. The van der Waals surface area contributed by atoms with Gasteiger partial charge >= 0.3 is 5.97 Å². The highest BCUT2D eigenvalue weighted by molar-refractivity contribution is 5.87. The number of hydrogen-bond acceptors (Lipinski definition) is 3. The molecule has 1 fully saturated rings. The van der Waals surface area contributed by atoms with Crippen LogP contribution in [-0.2, 0) is 11.3 Å². The summed E-state index contributed by atoms with van der Waals surface area (Å²) in [6.07, 6.45) is 5.43. The van der Waals surface area contributed by atoms with Crippen LogP contribution in [0.2, 0.25) is 0 Å². The van der Waals surface area contributed by atoms with Crippen molar-refractivity contribution in [1.29, 1.82) is 0 Å². The minimum absolute atomic E-state index is 0.335. The standard InChI is InChI=1S/C15H21NO3/c17-15(18)13-5-3-4-12(10-13)11-16-8-9-19-14-6-1-2-7-14/h3-5,10,14,16H,1-2,6-9,11H2,(H,17,18). The third-order valence-electron chi connectivity index (χ3n) is 3.44. The Bertz CT molecular complexity index is 414. The fourth-order valence-corrected chi connectivity index (χ4v) is 2.40. The molecule has 0 heterocycles. The first-order valence-corrected chi connectivity index (χ1v) is 6.90. The lowest BCUT2D eigenvalue weighted by atomic mass is 10.1. The summed E-state index contributed by atoms with van der Waals surface area (Å²) < 4.78 is 5.75. The zero-order valence-electron chi connectivity index (χ0n) is 11.1. The summed E-state index contributed by atoms with van der Waals surface area (Å²) in [7, 11) is 0. The van der Waals surface area contributed by atoms with Gasteiger partial charge in [-0.2, -0.15) is 0 Å². The van der Waals surface area contributed by atoms with Crippen molar-refractivity contribution in [3.63, 3.8) is 0 Å². The molecule has 4 nitrogen and oxygen atoms in total. The van der Waals surface area contributed by atoms with Crippen LogP contribution in [0.4, 0.5) is 0 Å². The zero-order valence-corrected chi connectivity index (χ0v) is 11.1. The number of ether oxygens (including phenoxy) is 1. The van der Waals surface area contributed by atoms with Crippen LogP contribution in [0.1, 0.15) is 41.6 Å². The van der Waals surface area contributed by atoms with Crippen molar-refractivity contribution >= 4 is 5.97 Å². The van der Waals surface area contributed by atoms with Gasteiger partial charge in [-0.25, -0.2) is 4.79 Å². The van der Waals surface area contributed by atoms with Crippen molar-refractivity contribution in [1.82, 2.24) is 5.32 Å².